The van der Waals surface area contributed by atoms with E-state index >= 15 is 0 Å². The van der Waals surface area contributed by atoms with E-state index in [2.05, 4.69) is 5.32 Å². The number of thiophene rings is 1. The van der Waals surface area contributed by atoms with Crippen molar-refractivity contribution in [2.75, 3.05) is 11.9 Å². The fourth-order valence-electron chi connectivity index (χ4n) is 2.59. The molecule has 0 bridgehead atoms. The lowest BCUT2D eigenvalue weighted by Gasteiger charge is -2.16. The van der Waals surface area contributed by atoms with Gasteiger partial charge < -0.3 is 10.2 Å². The average molecular weight is 314 g/mol. The number of aryl methyl sites for hydroxylation is 1. The number of carbonyl (C=O) groups excluding carboxylic acids is 2. The molecule has 22 heavy (non-hydrogen) atoms. The largest absolute Gasteiger partial charge is 0.338 e. The molecule has 1 aliphatic rings. The molecule has 5 heteroatoms. The maximum atomic E-state index is 12.2. The van der Waals surface area contributed by atoms with E-state index in [9.17, 15) is 9.59 Å². The second-order valence-corrected chi connectivity index (χ2v) is 6.77. The van der Waals surface area contributed by atoms with Crippen molar-refractivity contribution in [1.82, 2.24) is 4.90 Å². The number of nitrogens with one attached hydrogen (secondary N) is 1. The van der Waals surface area contributed by atoms with E-state index in [1.807, 2.05) is 48.2 Å². The molecule has 2 heterocycles. The summed E-state index contributed by atoms with van der Waals surface area (Å²) in [5.41, 5.74) is 1.80. The van der Waals surface area contributed by atoms with E-state index in [-0.39, 0.29) is 11.8 Å². The first-order chi connectivity index (χ1) is 10.6. The van der Waals surface area contributed by atoms with Crippen molar-refractivity contribution < 1.29 is 9.59 Å². The highest BCUT2D eigenvalue weighted by atomic mass is 32.1. The minimum atomic E-state index is -0.0903. The number of hydrogen-bond donors (Lipinski definition) is 1. The summed E-state index contributed by atoms with van der Waals surface area (Å²) in [6, 6.07) is 11.5. The van der Waals surface area contributed by atoms with Crippen LogP contribution in [0, 0.1) is 6.92 Å². The highest BCUT2D eigenvalue weighted by Gasteiger charge is 2.20. The van der Waals surface area contributed by atoms with Crippen molar-refractivity contribution in [3.05, 3.63) is 51.7 Å². The normalized spacial score (nSPS) is 14.4. The Morgan fingerprint density at radius 3 is 2.86 bits per heavy atom. The molecule has 114 valence electrons. The van der Waals surface area contributed by atoms with Gasteiger partial charge in [-0.05, 0) is 43.2 Å². The Labute approximate surface area is 133 Å². The van der Waals surface area contributed by atoms with Crippen molar-refractivity contribution in [1.29, 1.82) is 0 Å². The molecule has 0 radical (unpaired) electrons. The van der Waals surface area contributed by atoms with Gasteiger partial charge in [-0.15, -0.1) is 11.3 Å². The number of likely N-dealkylation sites (tertiary alicyclic amines) is 1. The molecule has 0 unspecified atom stereocenters. The van der Waals surface area contributed by atoms with Gasteiger partial charge in [0.15, 0.2) is 0 Å². The van der Waals surface area contributed by atoms with Gasteiger partial charge in [0.25, 0.3) is 5.91 Å². The Morgan fingerprint density at radius 2 is 2.18 bits per heavy atom. The lowest BCUT2D eigenvalue weighted by molar-refractivity contribution is -0.128. The molecule has 1 aliphatic heterocycles. The zero-order valence-corrected chi connectivity index (χ0v) is 13.3. The van der Waals surface area contributed by atoms with Crippen molar-refractivity contribution in [3.63, 3.8) is 0 Å². The molecule has 2 aromatic rings. The standard InChI is InChI=1S/C17H18N2O2S/c1-12-7-8-15(22-12)17(21)18-14-5-2-4-13(10-14)11-19-9-3-6-16(19)20/h2,4-5,7-8,10H,3,6,9,11H2,1H3,(H,18,21). The van der Waals surface area contributed by atoms with Crippen molar-refractivity contribution in [3.8, 4) is 0 Å². The number of rotatable bonds is 4. The van der Waals surface area contributed by atoms with Crippen molar-refractivity contribution in [2.24, 2.45) is 0 Å². The second-order valence-electron chi connectivity index (χ2n) is 5.48. The van der Waals surface area contributed by atoms with Crippen LogP contribution in [0.3, 0.4) is 0 Å². The quantitative estimate of drug-likeness (QED) is 0.940. The Balaban J connectivity index is 1.68. The van der Waals surface area contributed by atoms with Crippen LogP contribution < -0.4 is 5.32 Å². The van der Waals surface area contributed by atoms with E-state index in [1.54, 1.807) is 0 Å². The Bertz CT molecular complexity index is 708. The molecule has 3 rings (SSSR count). The summed E-state index contributed by atoms with van der Waals surface area (Å²) in [5, 5.41) is 2.92. The predicted molar refractivity (Wildman–Crippen MR) is 88.1 cm³/mol. The lowest BCUT2D eigenvalue weighted by atomic mass is 10.2. The third-order valence-electron chi connectivity index (χ3n) is 3.69. The summed E-state index contributed by atoms with van der Waals surface area (Å²) in [4.78, 5) is 27.5. The van der Waals surface area contributed by atoms with Crippen LogP contribution in [-0.4, -0.2) is 23.3 Å². The van der Waals surface area contributed by atoms with E-state index in [1.165, 1.54) is 11.3 Å². The number of anilines is 1. The molecule has 1 N–H and O–H groups in total. The molecule has 0 saturated carbocycles. The molecule has 1 aromatic carbocycles. The lowest BCUT2D eigenvalue weighted by Crippen LogP contribution is -2.23. The SMILES string of the molecule is Cc1ccc(C(=O)Nc2cccc(CN3CCCC3=O)c2)s1. The minimum Gasteiger partial charge on any atom is -0.338 e. The summed E-state index contributed by atoms with van der Waals surface area (Å²) in [6.07, 6.45) is 1.58. The predicted octanol–water partition coefficient (Wildman–Crippen LogP) is 3.43. The van der Waals surface area contributed by atoms with Crippen LogP contribution in [0.1, 0.15) is 33.0 Å². The number of nitrogens with zero attached hydrogens (tertiary/aromatic N) is 1. The van der Waals surface area contributed by atoms with Crippen molar-refractivity contribution >= 4 is 28.8 Å². The van der Waals surface area contributed by atoms with Gasteiger partial charge in [0, 0.05) is 30.1 Å². The van der Waals surface area contributed by atoms with Crippen LogP contribution in [0.4, 0.5) is 5.69 Å². The van der Waals surface area contributed by atoms with Crippen LogP contribution in [0.2, 0.25) is 0 Å². The van der Waals surface area contributed by atoms with Crippen molar-refractivity contribution in [2.45, 2.75) is 26.3 Å². The van der Waals surface area contributed by atoms with Crippen LogP contribution in [0.15, 0.2) is 36.4 Å². The number of hydrogen-bond acceptors (Lipinski definition) is 3. The zero-order chi connectivity index (χ0) is 15.5. The fourth-order valence-corrected chi connectivity index (χ4v) is 3.35. The van der Waals surface area contributed by atoms with Gasteiger partial charge >= 0.3 is 0 Å². The van der Waals surface area contributed by atoms with E-state index in [0.717, 1.165) is 29.1 Å². The fraction of sp³-hybridized carbons (Fsp3) is 0.294. The molecule has 1 aromatic heterocycles. The third kappa shape index (κ3) is 3.36. The summed E-state index contributed by atoms with van der Waals surface area (Å²) in [5.74, 6) is 0.121. The van der Waals surface area contributed by atoms with Gasteiger partial charge in [0.05, 0.1) is 4.88 Å². The van der Waals surface area contributed by atoms with Gasteiger partial charge in [0.1, 0.15) is 0 Å². The Kier molecular flexibility index (Phi) is 4.24. The average Bonchev–Trinajstić information content (AvgIpc) is 3.09. The second kappa shape index (κ2) is 6.32. The molecule has 2 amide bonds. The summed E-state index contributed by atoms with van der Waals surface area (Å²) in [7, 11) is 0. The van der Waals surface area contributed by atoms with E-state index in [4.69, 9.17) is 0 Å². The number of benzene rings is 1. The molecule has 4 nitrogen and oxygen atoms in total. The van der Waals surface area contributed by atoms with Gasteiger partial charge in [-0.25, -0.2) is 0 Å². The van der Waals surface area contributed by atoms with Gasteiger partial charge in [0.2, 0.25) is 5.91 Å². The molecule has 0 atom stereocenters. The smallest absolute Gasteiger partial charge is 0.265 e. The Morgan fingerprint density at radius 1 is 1.32 bits per heavy atom. The number of carbonyl (C=O) groups is 2. The van der Waals surface area contributed by atoms with Gasteiger partial charge in [-0.2, -0.15) is 0 Å². The highest BCUT2D eigenvalue weighted by Crippen LogP contribution is 2.19. The van der Waals surface area contributed by atoms with Crippen LogP contribution in [0.25, 0.3) is 0 Å². The Hall–Kier alpha value is -2.14. The molecule has 1 fully saturated rings. The molecule has 0 spiro atoms. The monoisotopic (exact) mass is 314 g/mol. The van der Waals surface area contributed by atoms with Crippen LogP contribution in [-0.2, 0) is 11.3 Å². The first kappa shape index (κ1) is 14.8. The molecular weight excluding hydrogens is 296 g/mol. The first-order valence-corrected chi connectivity index (χ1v) is 8.18. The number of amides is 2. The van der Waals surface area contributed by atoms with E-state index < -0.39 is 0 Å². The van der Waals surface area contributed by atoms with E-state index in [0.29, 0.717) is 17.8 Å². The van der Waals surface area contributed by atoms with Gasteiger partial charge in [-0.3, -0.25) is 9.59 Å². The molecular formula is C17H18N2O2S. The highest BCUT2D eigenvalue weighted by molar-refractivity contribution is 7.14. The molecule has 0 aliphatic carbocycles. The minimum absolute atomic E-state index is 0.0903. The van der Waals surface area contributed by atoms with Crippen LogP contribution >= 0.6 is 11.3 Å². The topological polar surface area (TPSA) is 49.4 Å². The summed E-state index contributed by atoms with van der Waals surface area (Å²) >= 11 is 1.48. The summed E-state index contributed by atoms with van der Waals surface area (Å²) < 4.78 is 0. The summed E-state index contributed by atoms with van der Waals surface area (Å²) in [6.45, 7) is 3.42. The van der Waals surface area contributed by atoms with Crippen LogP contribution in [0.5, 0.6) is 0 Å². The first-order valence-electron chi connectivity index (χ1n) is 7.36. The van der Waals surface area contributed by atoms with Gasteiger partial charge in [-0.1, -0.05) is 12.1 Å². The maximum Gasteiger partial charge on any atom is 0.265 e. The third-order valence-corrected chi connectivity index (χ3v) is 4.69. The molecule has 1 saturated heterocycles. The maximum absolute atomic E-state index is 12.2. The zero-order valence-electron chi connectivity index (χ0n) is 12.5.